The van der Waals surface area contributed by atoms with Crippen LogP contribution in [0.15, 0.2) is 18.3 Å². The fourth-order valence-corrected chi connectivity index (χ4v) is 1.04. The first kappa shape index (κ1) is 11.1. The average Bonchev–Trinajstić information content (AvgIpc) is 2.28. The molecule has 0 saturated carbocycles. The second-order valence-corrected chi connectivity index (χ2v) is 2.92. The molecule has 1 N–H and O–H groups in total. The molecule has 0 aromatic carbocycles. The number of carbonyl (C=O) groups excluding carboxylic acids is 1. The largest absolute Gasteiger partial charge is 0.480 e. The molecule has 0 spiro atoms. The first-order valence-electron chi connectivity index (χ1n) is 4.45. The zero-order chi connectivity index (χ0) is 11.3. The zero-order valence-electron chi connectivity index (χ0n) is 8.65. The fourth-order valence-electron chi connectivity index (χ4n) is 1.04. The van der Waals surface area contributed by atoms with Crippen LogP contribution in [0.1, 0.15) is 17.3 Å². The fraction of sp³-hybridized carbons (Fsp3) is 0.273. The Labute approximate surface area is 88.7 Å². The van der Waals surface area contributed by atoms with E-state index in [-0.39, 0.29) is 11.9 Å². The van der Waals surface area contributed by atoms with Gasteiger partial charge in [0.1, 0.15) is 5.56 Å². The van der Waals surface area contributed by atoms with Gasteiger partial charge in [-0.25, -0.2) is 4.98 Å². The minimum absolute atomic E-state index is 0.287. The molecule has 15 heavy (non-hydrogen) atoms. The van der Waals surface area contributed by atoms with E-state index in [0.717, 1.165) is 0 Å². The molecular weight excluding hydrogens is 192 g/mol. The summed E-state index contributed by atoms with van der Waals surface area (Å²) in [5, 5.41) is 2.63. The van der Waals surface area contributed by atoms with Crippen molar-refractivity contribution < 1.29 is 9.53 Å². The van der Waals surface area contributed by atoms with Crippen LogP contribution in [-0.2, 0) is 0 Å². The van der Waals surface area contributed by atoms with Gasteiger partial charge in [0.2, 0.25) is 5.88 Å². The third-order valence-electron chi connectivity index (χ3n) is 1.81. The standard InChI is InChI=1S/C11H12N2O2/c1-4-8(2)13-10(14)9-6-5-7-12-11(9)15-3/h1,5-8H,2-3H3,(H,13,14). The molecule has 4 nitrogen and oxygen atoms in total. The van der Waals surface area contributed by atoms with Gasteiger partial charge in [-0.1, -0.05) is 5.92 Å². The van der Waals surface area contributed by atoms with E-state index >= 15 is 0 Å². The molecule has 0 radical (unpaired) electrons. The maximum atomic E-state index is 11.7. The first-order valence-corrected chi connectivity index (χ1v) is 4.45. The summed E-state index contributed by atoms with van der Waals surface area (Å²) in [6.07, 6.45) is 6.71. The minimum atomic E-state index is -0.317. The number of rotatable bonds is 3. The molecule has 1 heterocycles. The lowest BCUT2D eigenvalue weighted by Gasteiger charge is -2.09. The summed E-state index contributed by atoms with van der Waals surface area (Å²) in [7, 11) is 1.46. The van der Waals surface area contributed by atoms with Gasteiger partial charge in [0.25, 0.3) is 5.91 Å². The van der Waals surface area contributed by atoms with Crippen LogP contribution in [0.3, 0.4) is 0 Å². The molecule has 4 heteroatoms. The van der Waals surface area contributed by atoms with Crippen LogP contribution < -0.4 is 10.1 Å². The van der Waals surface area contributed by atoms with Gasteiger partial charge in [0.05, 0.1) is 13.2 Å². The number of ether oxygens (including phenoxy) is 1. The number of hydrogen-bond acceptors (Lipinski definition) is 3. The molecule has 1 rings (SSSR count). The summed E-state index contributed by atoms with van der Waals surface area (Å²) in [5.74, 6) is 2.41. The molecule has 0 saturated heterocycles. The maximum Gasteiger partial charge on any atom is 0.257 e. The number of terminal acetylenes is 1. The van der Waals surface area contributed by atoms with Crippen LogP contribution in [0.4, 0.5) is 0 Å². The monoisotopic (exact) mass is 204 g/mol. The number of nitrogens with zero attached hydrogens (tertiary/aromatic N) is 1. The van der Waals surface area contributed by atoms with Crippen molar-refractivity contribution in [3.05, 3.63) is 23.9 Å². The Hall–Kier alpha value is -2.02. The Morgan fingerprint density at radius 3 is 3.07 bits per heavy atom. The SMILES string of the molecule is C#CC(C)NC(=O)c1cccnc1OC. The highest BCUT2D eigenvalue weighted by atomic mass is 16.5. The van der Waals surface area contributed by atoms with E-state index in [2.05, 4.69) is 16.2 Å². The van der Waals surface area contributed by atoms with Gasteiger partial charge < -0.3 is 10.1 Å². The van der Waals surface area contributed by atoms with E-state index in [1.54, 1.807) is 25.3 Å². The van der Waals surface area contributed by atoms with Crippen molar-refractivity contribution in [1.82, 2.24) is 10.3 Å². The number of nitrogens with one attached hydrogen (secondary N) is 1. The number of aromatic nitrogens is 1. The van der Waals surface area contributed by atoms with Crippen LogP contribution in [0.2, 0.25) is 0 Å². The van der Waals surface area contributed by atoms with Crippen molar-refractivity contribution in [2.45, 2.75) is 13.0 Å². The van der Waals surface area contributed by atoms with E-state index in [0.29, 0.717) is 11.4 Å². The third kappa shape index (κ3) is 2.71. The molecule has 0 bridgehead atoms. The molecule has 78 valence electrons. The molecule has 1 aromatic heterocycles. The first-order chi connectivity index (χ1) is 7.19. The van der Waals surface area contributed by atoms with Crippen molar-refractivity contribution in [3.8, 4) is 18.2 Å². The number of carbonyl (C=O) groups is 1. The summed E-state index contributed by atoms with van der Waals surface area (Å²) < 4.78 is 4.96. The Kier molecular flexibility index (Phi) is 3.69. The van der Waals surface area contributed by atoms with E-state index in [1.165, 1.54) is 7.11 Å². The van der Waals surface area contributed by atoms with Crippen LogP contribution >= 0.6 is 0 Å². The summed E-state index contributed by atoms with van der Waals surface area (Å²) in [4.78, 5) is 15.6. The normalized spacial score (nSPS) is 11.3. The molecule has 1 atom stereocenters. The quantitative estimate of drug-likeness (QED) is 0.742. The van der Waals surface area contributed by atoms with Crippen molar-refractivity contribution in [2.75, 3.05) is 7.11 Å². The predicted octanol–water partition coefficient (Wildman–Crippen LogP) is 0.842. The van der Waals surface area contributed by atoms with Crippen molar-refractivity contribution in [1.29, 1.82) is 0 Å². The van der Waals surface area contributed by atoms with Gasteiger partial charge >= 0.3 is 0 Å². The number of pyridine rings is 1. The Bertz CT molecular complexity index is 396. The second kappa shape index (κ2) is 5.01. The summed E-state index contributed by atoms with van der Waals surface area (Å²) >= 11 is 0. The molecular formula is C11H12N2O2. The molecule has 1 unspecified atom stereocenters. The lowest BCUT2D eigenvalue weighted by atomic mass is 10.2. The van der Waals surface area contributed by atoms with E-state index in [4.69, 9.17) is 11.2 Å². The highest BCUT2D eigenvalue weighted by Crippen LogP contribution is 2.13. The van der Waals surface area contributed by atoms with Crippen molar-refractivity contribution >= 4 is 5.91 Å². The van der Waals surface area contributed by atoms with Gasteiger partial charge in [-0.15, -0.1) is 6.42 Å². The molecule has 1 amide bonds. The van der Waals surface area contributed by atoms with Gasteiger partial charge in [0, 0.05) is 6.20 Å². The number of amides is 1. The minimum Gasteiger partial charge on any atom is -0.480 e. The van der Waals surface area contributed by atoms with E-state index < -0.39 is 0 Å². The third-order valence-corrected chi connectivity index (χ3v) is 1.81. The zero-order valence-corrected chi connectivity index (χ0v) is 8.65. The predicted molar refractivity (Wildman–Crippen MR) is 56.6 cm³/mol. The molecule has 1 aromatic rings. The number of methoxy groups -OCH3 is 1. The van der Waals surface area contributed by atoms with E-state index in [1.807, 2.05) is 0 Å². The Morgan fingerprint density at radius 2 is 2.47 bits per heavy atom. The summed E-state index contributed by atoms with van der Waals surface area (Å²) in [6.45, 7) is 1.72. The van der Waals surface area contributed by atoms with Crippen molar-refractivity contribution in [2.24, 2.45) is 0 Å². The van der Waals surface area contributed by atoms with Crippen molar-refractivity contribution in [3.63, 3.8) is 0 Å². The van der Waals surface area contributed by atoms with Crippen LogP contribution in [-0.4, -0.2) is 24.0 Å². The topological polar surface area (TPSA) is 51.2 Å². The van der Waals surface area contributed by atoms with Crippen LogP contribution in [0, 0.1) is 12.3 Å². The van der Waals surface area contributed by atoms with Gasteiger partial charge in [-0.05, 0) is 19.1 Å². The van der Waals surface area contributed by atoms with Crippen LogP contribution in [0.25, 0.3) is 0 Å². The molecule has 0 aliphatic carbocycles. The molecule has 0 aliphatic rings. The lowest BCUT2D eigenvalue weighted by Crippen LogP contribution is -2.31. The molecule has 0 fully saturated rings. The second-order valence-electron chi connectivity index (χ2n) is 2.92. The summed E-state index contributed by atoms with van der Waals surface area (Å²) in [6, 6.07) is 2.98. The van der Waals surface area contributed by atoms with Gasteiger partial charge in [0.15, 0.2) is 0 Å². The number of hydrogen-bond donors (Lipinski definition) is 1. The molecule has 0 aliphatic heterocycles. The van der Waals surface area contributed by atoms with Crippen LogP contribution in [0.5, 0.6) is 5.88 Å². The lowest BCUT2D eigenvalue weighted by molar-refractivity contribution is 0.0944. The highest BCUT2D eigenvalue weighted by Gasteiger charge is 2.13. The Balaban J connectivity index is 2.87. The average molecular weight is 204 g/mol. The van der Waals surface area contributed by atoms with E-state index in [9.17, 15) is 4.79 Å². The Morgan fingerprint density at radius 1 is 1.73 bits per heavy atom. The summed E-state index contributed by atoms with van der Waals surface area (Å²) in [5.41, 5.74) is 0.377. The smallest absolute Gasteiger partial charge is 0.257 e. The van der Waals surface area contributed by atoms with Gasteiger partial charge in [-0.2, -0.15) is 0 Å². The highest BCUT2D eigenvalue weighted by molar-refractivity contribution is 5.96. The maximum absolute atomic E-state index is 11.7. The van der Waals surface area contributed by atoms with Gasteiger partial charge in [-0.3, -0.25) is 4.79 Å².